The van der Waals surface area contributed by atoms with Crippen molar-refractivity contribution in [3.05, 3.63) is 64.4 Å². The molecular formula is C17H21ClN2. The van der Waals surface area contributed by atoms with E-state index in [9.17, 15) is 0 Å². The molecule has 0 aliphatic heterocycles. The third-order valence-electron chi connectivity index (χ3n) is 3.29. The van der Waals surface area contributed by atoms with Crippen molar-refractivity contribution < 1.29 is 0 Å². The van der Waals surface area contributed by atoms with Gasteiger partial charge in [-0.25, -0.2) is 0 Å². The third kappa shape index (κ3) is 4.32. The van der Waals surface area contributed by atoms with Crippen LogP contribution in [-0.2, 0) is 6.42 Å². The highest BCUT2D eigenvalue weighted by Gasteiger charge is 2.12. The Hall–Kier alpha value is -1.38. The summed E-state index contributed by atoms with van der Waals surface area (Å²) in [5.74, 6) is 0. The molecule has 1 atom stereocenters. The zero-order valence-corrected chi connectivity index (χ0v) is 12.8. The molecule has 2 rings (SSSR count). The van der Waals surface area contributed by atoms with Gasteiger partial charge in [0.25, 0.3) is 0 Å². The minimum Gasteiger partial charge on any atom is -0.310 e. The van der Waals surface area contributed by atoms with Gasteiger partial charge in [0, 0.05) is 23.5 Å². The number of nitrogens with zero attached hydrogens (tertiary/aromatic N) is 1. The fourth-order valence-corrected chi connectivity index (χ4v) is 2.38. The van der Waals surface area contributed by atoms with Crippen LogP contribution < -0.4 is 5.32 Å². The summed E-state index contributed by atoms with van der Waals surface area (Å²) in [6.45, 7) is 5.27. The van der Waals surface area contributed by atoms with Crippen molar-refractivity contribution in [2.45, 2.75) is 32.7 Å². The standard InChI is InChI=1S/C17H21ClN2/c1-3-8-20-17(15-9-13(2)11-19-12-15)10-14-4-6-16(18)7-5-14/h4-7,9,11-12,17,20H,3,8,10H2,1-2H3. The maximum Gasteiger partial charge on any atom is 0.0406 e. The molecular weight excluding hydrogens is 268 g/mol. The number of nitrogens with one attached hydrogen (secondary N) is 1. The van der Waals surface area contributed by atoms with Crippen LogP contribution in [0.3, 0.4) is 0 Å². The molecule has 1 heterocycles. The molecule has 0 spiro atoms. The Morgan fingerprint density at radius 3 is 2.60 bits per heavy atom. The Bertz CT molecular complexity index is 537. The molecule has 1 N–H and O–H groups in total. The summed E-state index contributed by atoms with van der Waals surface area (Å²) in [7, 11) is 0. The smallest absolute Gasteiger partial charge is 0.0406 e. The first-order valence-corrected chi connectivity index (χ1v) is 7.46. The summed E-state index contributed by atoms with van der Waals surface area (Å²) in [6.07, 6.45) is 5.91. The summed E-state index contributed by atoms with van der Waals surface area (Å²) in [6, 6.07) is 10.6. The molecule has 1 unspecified atom stereocenters. The van der Waals surface area contributed by atoms with Gasteiger partial charge < -0.3 is 5.32 Å². The van der Waals surface area contributed by atoms with E-state index >= 15 is 0 Å². The van der Waals surface area contributed by atoms with Crippen LogP contribution in [-0.4, -0.2) is 11.5 Å². The molecule has 0 aliphatic carbocycles. The van der Waals surface area contributed by atoms with Gasteiger partial charge in [0.15, 0.2) is 0 Å². The molecule has 0 saturated heterocycles. The van der Waals surface area contributed by atoms with E-state index in [0.717, 1.165) is 24.4 Å². The first kappa shape index (κ1) is 15.0. The molecule has 0 bridgehead atoms. The average Bonchev–Trinajstić information content (AvgIpc) is 2.45. The Morgan fingerprint density at radius 2 is 1.95 bits per heavy atom. The van der Waals surface area contributed by atoms with Crippen LogP contribution in [0.25, 0.3) is 0 Å². The normalized spacial score (nSPS) is 12.3. The molecule has 0 aliphatic rings. The lowest BCUT2D eigenvalue weighted by atomic mass is 9.99. The number of hydrogen-bond acceptors (Lipinski definition) is 2. The van der Waals surface area contributed by atoms with Crippen LogP contribution in [0.1, 0.15) is 36.1 Å². The Kier molecular flexibility index (Phi) is 5.57. The first-order chi connectivity index (χ1) is 9.69. The van der Waals surface area contributed by atoms with Crippen molar-refractivity contribution in [1.82, 2.24) is 10.3 Å². The zero-order valence-electron chi connectivity index (χ0n) is 12.1. The molecule has 1 aromatic carbocycles. The summed E-state index contributed by atoms with van der Waals surface area (Å²) >= 11 is 5.94. The lowest BCUT2D eigenvalue weighted by Gasteiger charge is -2.19. The van der Waals surface area contributed by atoms with Crippen molar-refractivity contribution in [2.75, 3.05) is 6.54 Å². The van der Waals surface area contributed by atoms with Crippen LogP contribution in [0.15, 0.2) is 42.7 Å². The highest BCUT2D eigenvalue weighted by molar-refractivity contribution is 6.30. The van der Waals surface area contributed by atoms with Gasteiger partial charge in [-0.1, -0.05) is 36.7 Å². The van der Waals surface area contributed by atoms with Crippen molar-refractivity contribution in [2.24, 2.45) is 0 Å². The van der Waals surface area contributed by atoms with E-state index in [2.05, 4.69) is 42.3 Å². The fraction of sp³-hybridized carbons (Fsp3) is 0.353. The Labute approximate surface area is 126 Å². The lowest BCUT2D eigenvalue weighted by molar-refractivity contribution is 0.527. The van der Waals surface area contributed by atoms with Crippen molar-refractivity contribution in [3.8, 4) is 0 Å². The van der Waals surface area contributed by atoms with Gasteiger partial charge in [-0.2, -0.15) is 0 Å². The Morgan fingerprint density at radius 1 is 1.20 bits per heavy atom. The quantitative estimate of drug-likeness (QED) is 0.856. The first-order valence-electron chi connectivity index (χ1n) is 7.08. The van der Waals surface area contributed by atoms with Crippen molar-refractivity contribution in [1.29, 1.82) is 0 Å². The third-order valence-corrected chi connectivity index (χ3v) is 3.54. The number of pyridine rings is 1. The van der Waals surface area contributed by atoms with E-state index in [0.29, 0.717) is 6.04 Å². The van der Waals surface area contributed by atoms with E-state index < -0.39 is 0 Å². The second-order valence-corrected chi connectivity index (χ2v) is 5.57. The highest BCUT2D eigenvalue weighted by atomic mass is 35.5. The number of aryl methyl sites for hydroxylation is 1. The van der Waals surface area contributed by atoms with Gasteiger partial charge in [0.1, 0.15) is 0 Å². The van der Waals surface area contributed by atoms with Crippen molar-refractivity contribution in [3.63, 3.8) is 0 Å². The minimum atomic E-state index is 0.295. The van der Waals surface area contributed by atoms with Crippen LogP contribution in [0.2, 0.25) is 5.02 Å². The van der Waals surface area contributed by atoms with E-state index in [4.69, 9.17) is 11.6 Å². The van der Waals surface area contributed by atoms with Crippen LogP contribution in [0, 0.1) is 6.92 Å². The largest absolute Gasteiger partial charge is 0.310 e. The van der Waals surface area contributed by atoms with E-state index in [-0.39, 0.29) is 0 Å². The van der Waals surface area contributed by atoms with E-state index in [1.807, 2.05) is 24.5 Å². The van der Waals surface area contributed by atoms with Crippen LogP contribution in [0.5, 0.6) is 0 Å². The molecule has 106 valence electrons. The van der Waals surface area contributed by atoms with Gasteiger partial charge in [-0.05, 0) is 55.1 Å². The summed E-state index contributed by atoms with van der Waals surface area (Å²) in [4.78, 5) is 4.31. The number of aromatic nitrogens is 1. The second-order valence-electron chi connectivity index (χ2n) is 5.13. The molecule has 20 heavy (non-hydrogen) atoms. The molecule has 0 fully saturated rings. The van der Waals surface area contributed by atoms with Crippen LogP contribution in [0.4, 0.5) is 0 Å². The second kappa shape index (κ2) is 7.41. The molecule has 0 radical (unpaired) electrons. The highest BCUT2D eigenvalue weighted by Crippen LogP contribution is 2.20. The molecule has 0 saturated carbocycles. The predicted molar refractivity (Wildman–Crippen MR) is 85.2 cm³/mol. The van der Waals surface area contributed by atoms with Gasteiger partial charge >= 0.3 is 0 Å². The van der Waals surface area contributed by atoms with Crippen molar-refractivity contribution >= 4 is 11.6 Å². The summed E-state index contributed by atoms with van der Waals surface area (Å²) in [5.41, 5.74) is 3.72. The maximum absolute atomic E-state index is 5.94. The number of benzene rings is 1. The zero-order chi connectivity index (χ0) is 14.4. The maximum atomic E-state index is 5.94. The molecule has 2 aromatic rings. The molecule has 1 aromatic heterocycles. The molecule has 2 nitrogen and oxygen atoms in total. The van der Waals surface area contributed by atoms with Gasteiger partial charge in [-0.15, -0.1) is 0 Å². The van der Waals surface area contributed by atoms with Gasteiger partial charge in [0.2, 0.25) is 0 Å². The predicted octanol–water partition coefficient (Wildman–Crippen LogP) is 4.33. The topological polar surface area (TPSA) is 24.9 Å². The monoisotopic (exact) mass is 288 g/mol. The summed E-state index contributed by atoms with van der Waals surface area (Å²) in [5, 5.41) is 4.38. The summed E-state index contributed by atoms with van der Waals surface area (Å²) < 4.78 is 0. The molecule has 3 heteroatoms. The minimum absolute atomic E-state index is 0.295. The van der Waals surface area contributed by atoms with Crippen LogP contribution >= 0.6 is 11.6 Å². The SMILES string of the molecule is CCCNC(Cc1ccc(Cl)cc1)c1cncc(C)c1. The number of rotatable bonds is 6. The number of halogens is 1. The number of hydrogen-bond donors (Lipinski definition) is 1. The van der Waals surface area contributed by atoms with E-state index in [1.54, 1.807) is 0 Å². The molecule has 0 amide bonds. The van der Waals surface area contributed by atoms with Gasteiger partial charge in [0.05, 0.1) is 0 Å². The average molecular weight is 289 g/mol. The lowest BCUT2D eigenvalue weighted by Crippen LogP contribution is -2.24. The van der Waals surface area contributed by atoms with E-state index in [1.165, 1.54) is 16.7 Å². The fourth-order valence-electron chi connectivity index (χ4n) is 2.25. The van der Waals surface area contributed by atoms with Gasteiger partial charge in [-0.3, -0.25) is 4.98 Å². The Balaban J connectivity index is 2.16.